The Morgan fingerprint density at radius 3 is 2.75 bits per heavy atom. The van der Waals surface area contributed by atoms with Crippen molar-refractivity contribution in [3.05, 3.63) is 11.6 Å². The second-order valence-corrected chi connectivity index (χ2v) is 5.12. The lowest BCUT2D eigenvalue weighted by molar-refractivity contribution is -0.122. The molecule has 1 aliphatic rings. The van der Waals surface area contributed by atoms with Crippen LogP contribution in [0.4, 0.5) is 0 Å². The largest absolute Gasteiger partial charge is 0.350 e. The first-order chi connectivity index (χ1) is 7.36. The van der Waals surface area contributed by atoms with Crippen molar-refractivity contribution >= 4 is 23.3 Å². The van der Waals surface area contributed by atoms with E-state index in [0.717, 1.165) is 12.0 Å². The van der Waals surface area contributed by atoms with Gasteiger partial charge in [-0.05, 0) is 38.7 Å². The van der Waals surface area contributed by atoms with Gasteiger partial charge in [-0.15, -0.1) is 11.6 Å². The molecule has 0 radical (unpaired) electrons. The monoisotopic (exact) mass is 243 g/mol. The van der Waals surface area contributed by atoms with Gasteiger partial charge in [0.1, 0.15) is 5.88 Å². The number of Topliss-reactive ketones (excluding diaryl/α,β-unsaturated/α-hetero) is 1. The quantitative estimate of drug-likeness (QED) is 0.772. The Labute approximate surface area is 101 Å². The van der Waals surface area contributed by atoms with E-state index in [1.165, 1.54) is 0 Å². The van der Waals surface area contributed by atoms with Crippen LogP contribution in [0.15, 0.2) is 11.6 Å². The van der Waals surface area contributed by atoms with Gasteiger partial charge in [0.2, 0.25) is 5.91 Å². The van der Waals surface area contributed by atoms with E-state index in [0.29, 0.717) is 6.42 Å². The number of rotatable bonds is 3. The number of carbonyl (C=O) groups excluding carboxylic acids is 2. The van der Waals surface area contributed by atoms with Gasteiger partial charge >= 0.3 is 0 Å². The highest BCUT2D eigenvalue weighted by atomic mass is 35.5. The van der Waals surface area contributed by atoms with Crippen LogP contribution in [-0.2, 0) is 9.59 Å². The zero-order valence-electron chi connectivity index (χ0n) is 9.97. The van der Waals surface area contributed by atoms with Gasteiger partial charge in [-0.1, -0.05) is 6.08 Å². The zero-order chi connectivity index (χ0) is 12.3. The third-order valence-electron chi connectivity index (χ3n) is 3.18. The number of carbonyl (C=O) groups is 2. The Balaban J connectivity index is 2.70. The van der Waals surface area contributed by atoms with Crippen molar-refractivity contribution in [1.82, 2.24) is 5.32 Å². The Bertz CT molecular complexity index is 334. The van der Waals surface area contributed by atoms with Gasteiger partial charge in [0, 0.05) is 12.0 Å². The Hall–Kier alpha value is -0.830. The number of halogens is 1. The number of alkyl halides is 1. The van der Waals surface area contributed by atoms with Crippen molar-refractivity contribution in [3.8, 4) is 0 Å². The summed E-state index contributed by atoms with van der Waals surface area (Å²) in [6, 6.07) is 0. The maximum Gasteiger partial charge on any atom is 0.235 e. The van der Waals surface area contributed by atoms with E-state index in [1.54, 1.807) is 0 Å². The molecular formula is C12H18ClNO2. The molecule has 0 spiro atoms. The summed E-state index contributed by atoms with van der Waals surface area (Å²) in [6.45, 7) is 5.71. The third kappa shape index (κ3) is 3.08. The van der Waals surface area contributed by atoms with Crippen molar-refractivity contribution in [2.45, 2.75) is 39.2 Å². The molecule has 1 rings (SSSR count). The first-order valence-electron chi connectivity index (χ1n) is 5.43. The molecule has 0 fully saturated rings. The fourth-order valence-corrected chi connectivity index (χ4v) is 2.01. The Kier molecular flexibility index (Phi) is 4.14. The number of hydrogen-bond acceptors (Lipinski definition) is 2. The van der Waals surface area contributed by atoms with Crippen molar-refractivity contribution in [2.75, 3.05) is 5.88 Å². The zero-order valence-corrected chi connectivity index (χ0v) is 10.7. The molecule has 3 nitrogen and oxygen atoms in total. The number of allylic oxidation sites excluding steroid dienone is 2. The average Bonchev–Trinajstić information content (AvgIpc) is 2.21. The van der Waals surface area contributed by atoms with Crippen LogP contribution in [0.1, 0.15) is 33.6 Å². The highest BCUT2D eigenvalue weighted by Gasteiger charge is 2.33. The van der Waals surface area contributed by atoms with E-state index >= 15 is 0 Å². The van der Waals surface area contributed by atoms with Crippen LogP contribution >= 0.6 is 11.6 Å². The van der Waals surface area contributed by atoms with E-state index in [2.05, 4.69) is 5.32 Å². The molecule has 16 heavy (non-hydrogen) atoms. The molecule has 1 atom stereocenters. The van der Waals surface area contributed by atoms with E-state index in [4.69, 9.17) is 11.6 Å². The number of ketones is 1. The molecule has 1 amide bonds. The van der Waals surface area contributed by atoms with Gasteiger partial charge in [0.25, 0.3) is 0 Å². The van der Waals surface area contributed by atoms with Crippen LogP contribution in [-0.4, -0.2) is 23.1 Å². The molecule has 0 saturated heterocycles. The molecule has 0 saturated carbocycles. The van der Waals surface area contributed by atoms with Gasteiger partial charge in [0.05, 0.1) is 0 Å². The minimum Gasteiger partial charge on any atom is -0.350 e. The topological polar surface area (TPSA) is 46.2 Å². The van der Waals surface area contributed by atoms with Gasteiger partial charge < -0.3 is 5.32 Å². The molecule has 0 aromatic heterocycles. The minimum absolute atomic E-state index is 0.0427. The van der Waals surface area contributed by atoms with Crippen LogP contribution in [0.2, 0.25) is 0 Å². The van der Waals surface area contributed by atoms with E-state index in [-0.39, 0.29) is 23.5 Å². The summed E-state index contributed by atoms with van der Waals surface area (Å²) in [5.74, 6) is 0.0876. The van der Waals surface area contributed by atoms with Crippen LogP contribution in [0.5, 0.6) is 0 Å². The van der Waals surface area contributed by atoms with E-state index in [1.807, 2.05) is 26.8 Å². The first kappa shape index (κ1) is 13.2. The van der Waals surface area contributed by atoms with Crippen LogP contribution in [0.3, 0.4) is 0 Å². The van der Waals surface area contributed by atoms with Crippen molar-refractivity contribution in [1.29, 1.82) is 0 Å². The molecule has 1 aliphatic carbocycles. The fraction of sp³-hybridized carbons (Fsp3) is 0.667. The Morgan fingerprint density at radius 1 is 1.62 bits per heavy atom. The van der Waals surface area contributed by atoms with Gasteiger partial charge in [-0.2, -0.15) is 0 Å². The first-order valence-corrected chi connectivity index (χ1v) is 5.97. The summed E-state index contributed by atoms with van der Waals surface area (Å²) >= 11 is 5.46. The van der Waals surface area contributed by atoms with Gasteiger partial charge in [-0.3, -0.25) is 9.59 Å². The lowest BCUT2D eigenvalue weighted by atomic mass is 9.77. The predicted molar refractivity (Wildman–Crippen MR) is 64.4 cm³/mol. The normalized spacial score (nSPS) is 21.6. The average molecular weight is 244 g/mol. The standard InChI is InChI=1S/C12H18ClNO2/c1-8-4-5-9(6-10(8)15)12(2,3)14-11(16)7-13/h4,9H,5-7H2,1-3H3,(H,14,16)/t9-/m0/s1. The lowest BCUT2D eigenvalue weighted by Gasteiger charge is -2.36. The molecule has 4 heteroatoms. The molecule has 90 valence electrons. The molecule has 0 aromatic rings. The van der Waals surface area contributed by atoms with Crippen LogP contribution in [0.25, 0.3) is 0 Å². The second-order valence-electron chi connectivity index (χ2n) is 4.85. The maximum atomic E-state index is 11.6. The van der Waals surface area contributed by atoms with Crippen LogP contribution < -0.4 is 5.32 Å². The second kappa shape index (κ2) is 5.00. The number of hydrogen-bond donors (Lipinski definition) is 1. The van der Waals surface area contributed by atoms with Gasteiger partial charge in [0.15, 0.2) is 5.78 Å². The SMILES string of the molecule is CC1=CC[C@H](C(C)(C)NC(=O)CCl)CC1=O. The maximum absolute atomic E-state index is 11.6. The molecule has 0 bridgehead atoms. The van der Waals surface area contributed by atoms with Crippen LogP contribution in [0, 0.1) is 5.92 Å². The predicted octanol–water partition coefficient (Wildman–Crippen LogP) is 2.05. The summed E-state index contributed by atoms with van der Waals surface area (Å²) in [7, 11) is 0. The van der Waals surface area contributed by atoms with Crippen molar-refractivity contribution in [3.63, 3.8) is 0 Å². The highest BCUT2D eigenvalue weighted by Crippen LogP contribution is 2.29. The number of amides is 1. The summed E-state index contributed by atoms with van der Waals surface area (Å²) in [5, 5.41) is 2.86. The highest BCUT2D eigenvalue weighted by molar-refractivity contribution is 6.27. The van der Waals surface area contributed by atoms with Gasteiger partial charge in [-0.25, -0.2) is 0 Å². The molecule has 0 aromatic carbocycles. The van der Waals surface area contributed by atoms with E-state index in [9.17, 15) is 9.59 Å². The molecule has 0 heterocycles. The fourth-order valence-electron chi connectivity index (χ4n) is 1.95. The molecule has 0 unspecified atom stereocenters. The summed E-state index contributed by atoms with van der Waals surface area (Å²) in [4.78, 5) is 22.9. The summed E-state index contributed by atoms with van der Waals surface area (Å²) < 4.78 is 0. The number of nitrogens with one attached hydrogen (secondary N) is 1. The molecule has 1 N–H and O–H groups in total. The molecular weight excluding hydrogens is 226 g/mol. The summed E-state index contributed by atoms with van der Waals surface area (Å²) in [6.07, 6.45) is 3.27. The minimum atomic E-state index is -0.390. The van der Waals surface area contributed by atoms with Crippen molar-refractivity contribution in [2.24, 2.45) is 5.92 Å². The third-order valence-corrected chi connectivity index (χ3v) is 3.43. The smallest absolute Gasteiger partial charge is 0.235 e. The Morgan fingerprint density at radius 2 is 2.25 bits per heavy atom. The lowest BCUT2D eigenvalue weighted by Crippen LogP contribution is -2.50. The van der Waals surface area contributed by atoms with E-state index < -0.39 is 5.54 Å². The summed E-state index contributed by atoms with van der Waals surface area (Å²) in [5.41, 5.74) is 0.439. The van der Waals surface area contributed by atoms with Crippen molar-refractivity contribution < 1.29 is 9.59 Å². The molecule has 0 aliphatic heterocycles.